The van der Waals surface area contributed by atoms with Gasteiger partial charge in [0.1, 0.15) is 17.2 Å². The number of fused-ring (bicyclic) bond motifs is 3. The largest absolute Gasteiger partial charge is 0.421 e. The van der Waals surface area contributed by atoms with Crippen LogP contribution < -0.4 is 5.63 Å². The number of benzene rings is 2. The molecule has 4 heteroatoms. The summed E-state index contributed by atoms with van der Waals surface area (Å²) >= 11 is 0. The molecule has 0 aliphatic rings. The zero-order valence-electron chi connectivity index (χ0n) is 12.4. The molecule has 0 aliphatic carbocycles. The molecule has 2 heterocycles. The summed E-state index contributed by atoms with van der Waals surface area (Å²) in [5.41, 5.74) is 3.36. The zero-order valence-corrected chi connectivity index (χ0v) is 12.4. The van der Waals surface area contributed by atoms with Crippen molar-refractivity contribution in [3.63, 3.8) is 0 Å². The Hall–Kier alpha value is -3.32. The Morgan fingerprint density at radius 1 is 1.13 bits per heavy atom. The molecule has 0 spiro atoms. The Morgan fingerprint density at radius 2 is 2.00 bits per heavy atom. The molecule has 0 amide bonds. The number of nitriles is 1. The molecule has 4 nitrogen and oxygen atoms in total. The zero-order chi connectivity index (χ0) is 16.0. The first kappa shape index (κ1) is 13.4. The number of aromatic nitrogens is 1. The van der Waals surface area contributed by atoms with Crippen LogP contribution in [-0.4, -0.2) is 4.98 Å². The third-order valence-corrected chi connectivity index (χ3v) is 4.02. The lowest BCUT2D eigenvalue weighted by Gasteiger charge is -2.09. The fourth-order valence-electron chi connectivity index (χ4n) is 2.99. The van der Waals surface area contributed by atoms with Gasteiger partial charge >= 0.3 is 5.63 Å². The Kier molecular flexibility index (Phi) is 2.82. The molecule has 0 saturated heterocycles. The number of rotatable bonds is 1. The fourth-order valence-corrected chi connectivity index (χ4v) is 2.99. The van der Waals surface area contributed by atoms with Crippen molar-refractivity contribution in [3.8, 4) is 17.2 Å². The molecule has 2 aromatic carbocycles. The van der Waals surface area contributed by atoms with E-state index in [2.05, 4.69) is 4.98 Å². The fraction of sp³-hybridized carbons (Fsp3) is 0.0526. The van der Waals surface area contributed by atoms with E-state index in [0.717, 1.165) is 27.4 Å². The highest BCUT2D eigenvalue weighted by Crippen LogP contribution is 2.34. The van der Waals surface area contributed by atoms with Crippen LogP contribution in [0.5, 0.6) is 0 Å². The minimum absolute atomic E-state index is 0.0398. The molecule has 1 N–H and O–H groups in total. The van der Waals surface area contributed by atoms with E-state index in [1.54, 1.807) is 6.20 Å². The van der Waals surface area contributed by atoms with Gasteiger partial charge in [-0.1, -0.05) is 29.8 Å². The van der Waals surface area contributed by atoms with Gasteiger partial charge in [-0.05, 0) is 30.7 Å². The van der Waals surface area contributed by atoms with Gasteiger partial charge in [0.25, 0.3) is 0 Å². The molecule has 0 unspecified atom stereocenters. The van der Waals surface area contributed by atoms with E-state index in [9.17, 15) is 10.1 Å². The molecule has 110 valence electrons. The Morgan fingerprint density at radius 3 is 2.78 bits per heavy atom. The van der Waals surface area contributed by atoms with E-state index in [1.807, 2.05) is 55.5 Å². The number of hydrogen-bond acceptors (Lipinski definition) is 3. The van der Waals surface area contributed by atoms with Gasteiger partial charge in [-0.15, -0.1) is 0 Å². The van der Waals surface area contributed by atoms with Crippen LogP contribution in [0.4, 0.5) is 0 Å². The average Bonchev–Trinajstić information content (AvgIpc) is 3.02. The van der Waals surface area contributed by atoms with Crippen molar-refractivity contribution < 1.29 is 4.42 Å². The van der Waals surface area contributed by atoms with Gasteiger partial charge in [-0.3, -0.25) is 0 Å². The van der Waals surface area contributed by atoms with E-state index in [1.165, 1.54) is 0 Å². The number of aromatic amines is 1. The summed E-state index contributed by atoms with van der Waals surface area (Å²) in [7, 11) is 0. The van der Waals surface area contributed by atoms with Crippen molar-refractivity contribution in [1.82, 2.24) is 4.98 Å². The summed E-state index contributed by atoms with van der Waals surface area (Å²) in [6.45, 7) is 1.98. The summed E-state index contributed by atoms with van der Waals surface area (Å²) in [5.74, 6) is 0. The Labute approximate surface area is 131 Å². The van der Waals surface area contributed by atoms with Gasteiger partial charge in [0, 0.05) is 28.0 Å². The average molecular weight is 300 g/mol. The predicted octanol–water partition coefficient (Wildman–Crippen LogP) is 4.12. The Bertz CT molecular complexity index is 1160. The second-order valence-corrected chi connectivity index (χ2v) is 5.50. The van der Waals surface area contributed by atoms with Crippen LogP contribution in [0.1, 0.15) is 11.1 Å². The third kappa shape index (κ3) is 1.95. The topological polar surface area (TPSA) is 69.8 Å². The van der Waals surface area contributed by atoms with Crippen molar-refractivity contribution in [1.29, 1.82) is 5.26 Å². The molecule has 4 aromatic rings. The van der Waals surface area contributed by atoms with Gasteiger partial charge in [-0.25, -0.2) is 4.79 Å². The first-order valence-electron chi connectivity index (χ1n) is 7.23. The van der Waals surface area contributed by atoms with E-state index >= 15 is 0 Å². The first-order chi connectivity index (χ1) is 11.2. The van der Waals surface area contributed by atoms with E-state index in [4.69, 9.17) is 4.42 Å². The number of nitrogens with zero attached hydrogens (tertiary/aromatic N) is 1. The summed E-state index contributed by atoms with van der Waals surface area (Å²) in [6, 6.07) is 15.5. The molecule has 0 saturated carbocycles. The van der Waals surface area contributed by atoms with E-state index in [0.29, 0.717) is 11.1 Å². The van der Waals surface area contributed by atoms with Crippen LogP contribution in [-0.2, 0) is 0 Å². The summed E-state index contributed by atoms with van der Waals surface area (Å²) in [5, 5.41) is 11.0. The molecule has 0 fully saturated rings. The lowest BCUT2D eigenvalue weighted by molar-refractivity contribution is 0.562. The van der Waals surface area contributed by atoms with Gasteiger partial charge in [-0.2, -0.15) is 5.26 Å². The van der Waals surface area contributed by atoms with Crippen molar-refractivity contribution in [2.75, 3.05) is 0 Å². The third-order valence-electron chi connectivity index (χ3n) is 4.02. The predicted molar refractivity (Wildman–Crippen MR) is 89.2 cm³/mol. The molecular formula is C19H12N2O2. The monoisotopic (exact) mass is 300 g/mol. The minimum atomic E-state index is -0.606. The summed E-state index contributed by atoms with van der Waals surface area (Å²) in [4.78, 5) is 15.4. The number of H-pyrrole nitrogens is 1. The van der Waals surface area contributed by atoms with Crippen LogP contribution in [0, 0.1) is 18.3 Å². The molecule has 0 radical (unpaired) electrons. The highest BCUT2D eigenvalue weighted by Gasteiger charge is 2.18. The maximum absolute atomic E-state index is 12.3. The number of aryl methyl sites for hydroxylation is 1. The normalized spacial score (nSPS) is 11.0. The Balaban J connectivity index is 2.24. The molecule has 2 aromatic heterocycles. The van der Waals surface area contributed by atoms with Crippen LogP contribution in [0.25, 0.3) is 33.0 Å². The smallest absolute Gasteiger partial charge is 0.354 e. The van der Waals surface area contributed by atoms with Crippen LogP contribution in [0.3, 0.4) is 0 Å². The highest BCUT2D eigenvalue weighted by molar-refractivity contribution is 6.08. The van der Waals surface area contributed by atoms with E-state index < -0.39 is 5.63 Å². The molecule has 23 heavy (non-hydrogen) atoms. The second kappa shape index (κ2) is 4.85. The van der Waals surface area contributed by atoms with Crippen molar-refractivity contribution in [2.24, 2.45) is 0 Å². The molecule has 0 atom stereocenters. The van der Waals surface area contributed by atoms with Gasteiger partial charge < -0.3 is 9.40 Å². The quantitative estimate of drug-likeness (QED) is 0.537. The molecule has 4 rings (SSSR count). The molecule has 0 aliphatic heterocycles. The minimum Gasteiger partial charge on any atom is -0.421 e. The van der Waals surface area contributed by atoms with Crippen LogP contribution in [0.2, 0.25) is 0 Å². The van der Waals surface area contributed by atoms with Crippen molar-refractivity contribution in [2.45, 2.75) is 6.92 Å². The second-order valence-electron chi connectivity index (χ2n) is 5.50. The van der Waals surface area contributed by atoms with Gasteiger partial charge in [0.05, 0.1) is 0 Å². The maximum atomic E-state index is 12.3. The SMILES string of the molecule is Cc1cccc(-c2c(C#N)c(=O)oc3c2ccc2[nH]ccc23)c1. The van der Waals surface area contributed by atoms with Gasteiger partial charge in [0.2, 0.25) is 0 Å². The van der Waals surface area contributed by atoms with Gasteiger partial charge in [0.15, 0.2) is 0 Å². The van der Waals surface area contributed by atoms with E-state index in [-0.39, 0.29) is 5.56 Å². The standard InChI is InChI=1S/C19H12N2O2/c1-11-3-2-4-12(9-11)17-14-5-6-16-13(7-8-21-16)18(14)23-19(22)15(17)10-20/h2-9,21H,1H3. The lowest BCUT2D eigenvalue weighted by Crippen LogP contribution is -2.07. The number of nitrogens with one attached hydrogen (secondary N) is 1. The maximum Gasteiger partial charge on any atom is 0.354 e. The van der Waals surface area contributed by atoms with Crippen molar-refractivity contribution >= 4 is 21.9 Å². The van der Waals surface area contributed by atoms with Crippen LogP contribution in [0.15, 0.2) is 57.9 Å². The highest BCUT2D eigenvalue weighted by atomic mass is 16.4. The molecule has 0 bridgehead atoms. The number of hydrogen-bond donors (Lipinski definition) is 1. The van der Waals surface area contributed by atoms with Crippen molar-refractivity contribution in [3.05, 3.63) is 70.2 Å². The summed E-state index contributed by atoms with van der Waals surface area (Å²) < 4.78 is 5.45. The first-order valence-corrected chi connectivity index (χ1v) is 7.23. The molecular weight excluding hydrogens is 288 g/mol. The lowest BCUT2D eigenvalue weighted by atomic mass is 9.95. The summed E-state index contributed by atoms with van der Waals surface area (Å²) in [6.07, 6.45) is 1.80. The van der Waals surface area contributed by atoms with Crippen LogP contribution >= 0.6 is 0 Å².